The van der Waals surface area contributed by atoms with E-state index in [0.29, 0.717) is 18.0 Å². The van der Waals surface area contributed by atoms with Crippen molar-refractivity contribution < 1.29 is 19.1 Å². The lowest BCUT2D eigenvalue weighted by Gasteiger charge is -2.30. The van der Waals surface area contributed by atoms with Gasteiger partial charge in [0.1, 0.15) is 17.1 Å². The van der Waals surface area contributed by atoms with Gasteiger partial charge in [0.25, 0.3) is 6.47 Å². The zero-order valence-electron chi connectivity index (χ0n) is 19.8. The molecule has 1 saturated heterocycles. The Labute approximate surface area is 202 Å². The number of fused-ring (bicyclic) bond motifs is 3. The summed E-state index contributed by atoms with van der Waals surface area (Å²) < 4.78 is 14.2. The monoisotopic (exact) mass is 473 g/mol. The average molecular weight is 474 g/mol. The molecule has 6 rings (SSSR count). The molecule has 2 fully saturated rings. The molecule has 1 aromatic carbocycles. The standard InChI is InChI=1S/C25H25N5O2.CH2O2/c1-14-10-18(8-9-31-14)30-23(12-21-25(16-4-5-16)32-15(2)28-21)29-22-13-27-20-7-6-17(26-3)11-19(20)24(22)30;2-1-3/h6-7,11,13-14,16,18H,4-5,8-10,12H2,1-2H3;1H,(H,2,3)/t14-,18-;/m1./s1. The van der Waals surface area contributed by atoms with Gasteiger partial charge in [-0.3, -0.25) is 9.78 Å². The van der Waals surface area contributed by atoms with Crippen LogP contribution in [0, 0.1) is 13.5 Å². The van der Waals surface area contributed by atoms with Crippen LogP contribution < -0.4 is 0 Å². The molecule has 0 unspecified atom stereocenters. The van der Waals surface area contributed by atoms with Gasteiger partial charge in [-0.15, -0.1) is 0 Å². The number of hydrogen-bond donors (Lipinski definition) is 1. The van der Waals surface area contributed by atoms with Crippen molar-refractivity contribution in [2.45, 2.75) is 64.0 Å². The van der Waals surface area contributed by atoms with Crippen LogP contribution >= 0.6 is 0 Å². The van der Waals surface area contributed by atoms with Crippen molar-refractivity contribution in [3.8, 4) is 0 Å². The Kier molecular flexibility index (Phi) is 6.22. The molecule has 0 amide bonds. The van der Waals surface area contributed by atoms with E-state index in [0.717, 1.165) is 64.6 Å². The van der Waals surface area contributed by atoms with E-state index in [4.69, 9.17) is 35.6 Å². The molecule has 1 aliphatic heterocycles. The first-order valence-electron chi connectivity index (χ1n) is 11.8. The second-order valence-electron chi connectivity index (χ2n) is 9.16. The van der Waals surface area contributed by atoms with Crippen molar-refractivity contribution in [1.29, 1.82) is 0 Å². The molecule has 2 atom stereocenters. The topological polar surface area (TPSA) is 108 Å². The minimum absolute atomic E-state index is 0.197. The fourth-order valence-corrected chi connectivity index (χ4v) is 5.04. The van der Waals surface area contributed by atoms with Crippen LogP contribution in [0.15, 0.2) is 28.8 Å². The molecular formula is C26H27N5O4. The molecule has 4 heterocycles. The highest BCUT2D eigenvalue weighted by Crippen LogP contribution is 2.43. The normalized spacial score (nSPS) is 19.8. The molecule has 3 aromatic heterocycles. The van der Waals surface area contributed by atoms with Gasteiger partial charge in [-0.2, -0.15) is 0 Å². The largest absolute Gasteiger partial charge is 0.483 e. The summed E-state index contributed by atoms with van der Waals surface area (Å²) in [5, 5.41) is 7.87. The quantitative estimate of drug-likeness (QED) is 0.315. The van der Waals surface area contributed by atoms with Gasteiger partial charge >= 0.3 is 0 Å². The van der Waals surface area contributed by atoms with Crippen LogP contribution in [0.2, 0.25) is 0 Å². The predicted molar refractivity (Wildman–Crippen MR) is 130 cm³/mol. The van der Waals surface area contributed by atoms with E-state index in [1.807, 2.05) is 31.3 Å². The van der Waals surface area contributed by atoms with Crippen LogP contribution in [-0.2, 0) is 16.0 Å². The highest BCUT2D eigenvalue weighted by molar-refractivity contribution is 6.03. The molecule has 0 spiro atoms. The zero-order chi connectivity index (χ0) is 24.5. The van der Waals surface area contributed by atoms with E-state index in [2.05, 4.69) is 21.3 Å². The SMILES string of the molecule is O=CO.[C-]#[N+]c1ccc2ncc3nc(Cc4nc(C)oc4C4CC4)n([C@@H]4CCO[C@H](C)C4)c3c2c1. The Bertz CT molecular complexity index is 1430. The Hall–Kier alpha value is -3.77. The predicted octanol–water partition coefficient (Wildman–Crippen LogP) is 5.34. The first-order chi connectivity index (χ1) is 17.0. The Morgan fingerprint density at radius 1 is 1.26 bits per heavy atom. The van der Waals surface area contributed by atoms with E-state index in [1.54, 1.807) is 0 Å². The number of carbonyl (C=O) groups is 1. The van der Waals surface area contributed by atoms with Gasteiger partial charge < -0.3 is 18.8 Å². The van der Waals surface area contributed by atoms with E-state index in [1.165, 1.54) is 12.8 Å². The molecule has 0 bridgehead atoms. The molecule has 9 nitrogen and oxygen atoms in total. The summed E-state index contributed by atoms with van der Waals surface area (Å²) in [5.41, 5.74) is 4.42. The lowest BCUT2D eigenvalue weighted by molar-refractivity contribution is -0.122. The van der Waals surface area contributed by atoms with Crippen molar-refractivity contribution >= 4 is 34.1 Å². The van der Waals surface area contributed by atoms with Crippen LogP contribution in [0.25, 0.3) is 26.8 Å². The summed E-state index contributed by atoms with van der Waals surface area (Å²) >= 11 is 0. The van der Waals surface area contributed by atoms with E-state index < -0.39 is 0 Å². The van der Waals surface area contributed by atoms with Crippen LogP contribution in [0.4, 0.5) is 5.69 Å². The Morgan fingerprint density at radius 2 is 2.06 bits per heavy atom. The fraction of sp³-hybridized carbons (Fsp3) is 0.423. The molecule has 0 radical (unpaired) electrons. The van der Waals surface area contributed by atoms with Crippen molar-refractivity contribution in [3.63, 3.8) is 0 Å². The summed E-state index contributed by atoms with van der Waals surface area (Å²) in [6, 6.07) is 5.97. The third-order valence-electron chi connectivity index (χ3n) is 6.63. The van der Waals surface area contributed by atoms with Gasteiger partial charge in [0.2, 0.25) is 0 Å². The summed E-state index contributed by atoms with van der Waals surface area (Å²) in [4.78, 5) is 26.4. The summed E-state index contributed by atoms with van der Waals surface area (Å²) in [5.74, 6) is 3.23. The number of ether oxygens (including phenoxy) is 1. The van der Waals surface area contributed by atoms with E-state index >= 15 is 0 Å². The Morgan fingerprint density at radius 3 is 2.77 bits per heavy atom. The number of oxazole rings is 1. The van der Waals surface area contributed by atoms with Crippen LogP contribution in [0.5, 0.6) is 0 Å². The molecule has 35 heavy (non-hydrogen) atoms. The molecule has 4 aromatic rings. The van der Waals surface area contributed by atoms with Crippen molar-refractivity contribution in [2.24, 2.45) is 0 Å². The van der Waals surface area contributed by atoms with E-state index in [-0.39, 0.29) is 18.6 Å². The summed E-state index contributed by atoms with van der Waals surface area (Å²) in [7, 11) is 0. The number of aryl methyl sites for hydroxylation is 1. The van der Waals surface area contributed by atoms with Crippen LogP contribution in [0.3, 0.4) is 0 Å². The summed E-state index contributed by atoms with van der Waals surface area (Å²) in [6.45, 7) is 12.0. The van der Waals surface area contributed by atoms with Gasteiger partial charge in [-0.05, 0) is 44.7 Å². The lowest BCUT2D eigenvalue weighted by Crippen LogP contribution is -2.26. The van der Waals surface area contributed by atoms with E-state index in [9.17, 15) is 0 Å². The van der Waals surface area contributed by atoms with Crippen molar-refractivity contribution in [3.05, 3.63) is 59.0 Å². The van der Waals surface area contributed by atoms with Crippen molar-refractivity contribution in [1.82, 2.24) is 19.5 Å². The Balaban J connectivity index is 0.000000806. The molecule has 2 aliphatic rings. The van der Waals surface area contributed by atoms with Crippen LogP contribution in [-0.4, -0.2) is 43.8 Å². The van der Waals surface area contributed by atoms with Gasteiger partial charge in [0, 0.05) is 30.9 Å². The third-order valence-corrected chi connectivity index (χ3v) is 6.63. The first kappa shape index (κ1) is 23.0. The second-order valence-corrected chi connectivity index (χ2v) is 9.16. The average Bonchev–Trinajstić information content (AvgIpc) is 3.53. The first-order valence-corrected chi connectivity index (χ1v) is 11.8. The van der Waals surface area contributed by atoms with Gasteiger partial charge in [-0.1, -0.05) is 6.07 Å². The number of pyridine rings is 1. The molecular weight excluding hydrogens is 446 g/mol. The minimum atomic E-state index is -0.250. The van der Waals surface area contributed by atoms with Crippen molar-refractivity contribution in [2.75, 3.05) is 6.61 Å². The zero-order valence-corrected chi connectivity index (χ0v) is 19.8. The fourth-order valence-electron chi connectivity index (χ4n) is 5.04. The maximum atomic E-state index is 8.36. The highest BCUT2D eigenvalue weighted by Gasteiger charge is 2.32. The molecule has 180 valence electrons. The lowest BCUT2D eigenvalue weighted by atomic mass is 10.0. The third kappa shape index (κ3) is 4.49. The molecule has 1 aliphatic carbocycles. The highest BCUT2D eigenvalue weighted by atomic mass is 16.5. The number of aromatic nitrogens is 4. The molecule has 1 saturated carbocycles. The van der Waals surface area contributed by atoms with Gasteiger partial charge in [0.15, 0.2) is 11.6 Å². The number of imidazole rings is 1. The van der Waals surface area contributed by atoms with Gasteiger partial charge in [-0.25, -0.2) is 14.8 Å². The minimum Gasteiger partial charge on any atom is -0.483 e. The molecule has 1 N–H and O–H groups in total. The van der Waals surface area contributed by atoms with Gasteiger partial charge in [0.05, 0.1) is 42.0 Å². The number of rotatable bonds is 4. The molecule has 9 heteroatoms. The van der Waals surface area contributed by atoms with Crippen LogP contribution in [0.1, 0.15) is 67.7 Å². The number of carboxylic acid groups (broad SMARTS) is 1. The maximum absolute atomic E-state index is 8.36. The number of benzene rings is 1. The number of nitrogens with zero attached hydrogens (tertiary/aromatic N) is 5. The summed E-state index contributed by atoms with van der Waals surface area (Å²) in [6.07, 6.45) is 6.89. The number of hydrogen-bond acceptors (Lipinski definition) is 6. The second kappa shape index (κ2) is 9.47. The maximum Gasteiger partial charge on any atom is 0.290 e. The smallest absolute Gasteiger partial charge is 0.290 e.